The highest BCUT2D eigenvalue weighted by atomic mass is 16.5. The molecule has 0 amide bonds. The van der Waals surface area contributed by atoms with E-state index >= 15 is 0 Å². The Kier molecular flexibility index (Phi) is 4.70. The molecule has 1 N–H and O–H groups in total. The third-order valence-corrected chi connectivity index (χ3v) is 2.95. The van der Waals surface area contributed by atoms with Crippen LogP contribution in [0.2, 0.25) is 0 Å². The van der Waals surface area contributed by atoms with Gasteiger partial charge in [0.25, 0.3) is 0 Å². The fraction of sp³-hybridized carbons (Fsp3) is 0.500. The maximum absolute atomic E-state index is 11.1. The van der Waals surface area contributed by atoms with Crippen molar-refractivity contribution < 1.29 is 9.53 Å². The first-order valence-corrected chi connectivity index (χ1v) is 5.83. The minimum Gasteiger partial charge on any atom is -0.468 e. The van der Waals surface area contributed by atoms with Gasteiger partial charge in [0.1, 0.15) is 0 Å². The summed E-state index contributed by atoms with van der Waals surface area (Å²) in [6, 6.07) is 4.48. The molecule has 0 bridgehead atoms. The van der Waals surface area contributed by atoms with Crippen molar-refractivity contribution in [1.82, 2.24) is 5.32 Å². The lowest BCUT2D eigenvalue weighted by atomic mass is 9.95. The van der Waals surface area contributed by atoms with Gasteiger partial charge in [-0.3, -0.25) is 4.79 Å². The molecule has 0 aromatic heterocycles. The molecule has 17 heavy (non-hydrogen) atoms. The Labute approximate surface area is 103 Å². The second-order valence-electron chi connectivity index (χ2n) is 4.49. The number of aryl methyl sites for hydroxylation is 3. The van der Waals surface area contributed by atoms with Gasteiger partial charge in [-0.15, -0.1) is 0 Å². The molecule has 1 atom stereocenters. The molecule has 0 heterocycles. The average molecular weight is 235 g/mol. The Balaban J connectivity index is 2.82. The van der Waals surface area contributed by atoms with Gasteiger partial charge < -0.3 is 10.1 Å². The number of carbonyl (C=O) groups excluding carboxylic acids is 1. The first kappa shape index (κ1) is 13.7. The van der Waals surface area contributed by atoms with Crippen LogP contribution in [-0.2, 0) is 9.53 Å². The van der Waals surface area contributed by atoms with Crippen molar-refractivity contribution >= 4 is 5.97 Å². The SMILES string of the molecule is COC(=O)CNC(C)c1c(C)cc(C)cc1C. The summed E-state index contributed by atoms with van der Waals surface area (Å²) in [5.74, 6) is -0.237. The van der Waals surface area contributed by atoms with E-state index in [0.29, 0.717) is 0 Å². The van der Waals surface area contributed by atoms with Gasteiger partial charge in [-0.2, -0.15) is 0 Å². The van der Waals surface area contributed by atoms with Crippen molar-refractivity contribution in [2.45, 2.75) is 33.7 Å². The van der Waals surface area contributed by atoms with Crippen molar-refractivity contribution in [2.75, 3.05) is 13.7 Å². The number of esters is 1. The Bertz CT molecular complexity index is 390. The molecule has 3 nitrogen and oxygen atoms in total. The van der Waals surface area contributed by atoms with Crippen LogP contribution >= 0.6 is 0 Å². The van der Waals surface area contributed by atoms with E-state index in [2.05, 4.69) is 49.9 Å². The van der Waals surface area contributed by atoms with Gasteiger partial charge in [0.05, 0.1) is 13.7 Å². The van der Waals surface area contributed by atoms with Gasteiger partial charge in [-0.05, 0) is 44.4 Å². The molecule has 94 valence electrons. The summed E-state index contributed by atoms with van der Waals surface area (Å²) in [7, 11) is 1.40. The molecule has 1 aromatic carbocycles. The zero-order chi connectivity index (χ0) is 13.0. The van der Waals surface area contributed by atoms with Gasteiger partial charge in [0, 0.05) is 6.04 Å². The fourth-order valence-corrected chi connectivity index (χ4v) is 2.28. The summed E-state index contributed by atoms with van der Waals surface area (Å²) in [4.78, 5) is 11.1. The highest BCUT2D eigenvalue weighted by Crippen LogP contribution is 2.23. The minimum atomic E-state index is -0.237. The van der Waals surface area contributed by atoms with Crippen LogP contribution in [0.1, 0.15) is 35.2 Å². The second-order valence-corrected chi connectivity index (χ2v) is 4.49. The largest absolute Gasteiger partial charge is 0.468 e. The van der Waals surface area contributed by atoms with Crippen molar-refractivity contribution in [3.63, 3.8) is 0 Å². The normalized spacial score (nSPS) is 12.3. The van der Waals surface area contributed by atoms with E-state index in [1.54, 1.807) is 0 Å². The first-order valence-electron chi connectivity index (χ1n) is 5.83. The van der Waals surface area contributed by atoms with Crippen molar-refractivity contribution in [2.24, 2.45) is 0 Å². The zero-order valence-electron chi connectivity index (χ0n) is 11.3. The summed E-state index contributed by atoms with van der Waals surface area (Å²) in [5.41, 5.74) is 5.04. The summed E-state index contributed by atoms with van der Waals surface area (Å²) < 4.78 is 4.61. The molecule has 0 aliphatic heterocycles. The molecule has 0 aliphatic carbocycles. The average Bonchev–Trinajstić information content (AvgIpc) is 2.24. The summed E-state index contributed by atoms with van der Waals surface area (Å²) in [6.07, 6.45) is 0. The second kappa shape index (κ2) is 5.82. The predicted octanol–water partition coefficient (Wildman–Crippen LogP) is 2.44. The predicted molar refractivity (Wildman–Crippen MR) is 69.1 cm³/mol. The van der Waals surface area contributed by atoms with Crippen LogP contribution in [0, 0.1) is 20.8 Å². The third-order valence-electron chi connectivity index (χ3n) is 2.95. The van der Waals surface area contributed by atoms with Crippen LogP contribution in [0.25, 0.3) is 0 Å². The van der Waals surface area contributed by atoms with Crippen LogP contribution in [0.3, 0.4) is 0 Å². The minimum absolute atomic E-state index is 0.148. The molecule has 1 aromatic rings. The van der Waals surface area contributed by atoms with Crippen molar-refractivity contribution in [3.8, 4) is 0 Å². The Morgan fingerprint density at radius 2 is 1.82 bits per heavy atom. The number of methoxy groups -OCH3 is 1. The quantitative estimate of drug-likeness (QED) is 0.815. The van der Waals surface area contributed by atoms with Crippen molar-refractivity contribution in [1.29, 1.82) is 0 Å². The van der Waals surface area contributed by atoms with Crippen LogP contribution < -0.4 is 5.32 Å². The van der Waals surface area contributed by atoms with Gasteiger partial charge >= 0.3 is 5.97 Å². The number of hydrogen-bond acceptors (Lipinski definition) is 3. The van der Waals surface area contributed by atoms with E-state index in [4.69, 9.17) is 0 Å². The molecule has 0 saturated heterocycles. The Morgan fingerprint density at radius 3 is 2.29 bits per heavy atom. The number of rotatable bonds is 4. The molecule has 1 unspecified atom stereocenters. The van der Waals surface area contributed by atoms with Crippen LogP contribution in [0.15, 0.2) is 12.1 Å². The van der Waals surface area contributed by atoms with E-state index < -0.39 is 0 Å². The Hall–Kier alpha value is -1.35. The first-order chi connectivity index (χ1) is 7.95. The molecular formula is C14H21NO2. The van der Waals surface area contributed by atoms with E-state index in [9.17, 15) is 4.79 Å². The highest BCUT2D eigenvalue weighted by Gasteiger charge is 2.12. The van der Waals surface area contributed by atoms with E-state index in [1.807, 2.05) is 0 Å². The van der Waals surface area contributed by atoms with Gasteiger partial charge in [0.2, 0.25) is 0 Å². The molecule has 0 radical (unpaired) electrons. The molecule has 1 rings (SSSR count). The molecule has 0 saturated carbocycles. The molecule has 3 heteroatoms. The van der Waals surface area contributed by atoms with Gasteiger partial charge in [-0.1, -0.05) is 17.7 Å². The topological polar surface area (TPSA) is 38.3 Å². The maximum Gasteiger partial charge on any atom is 0.319 e. The zero-order valence-corrected chi connectivity index (χ0v) is 11.3. The number of hydrogen-bond donors (Lipinski definition) is 1. The lowest BCUT2D eigenvalue weighted by Gasteiger charge is -2.19. The van der Waals surface area contributed by atoms with Crippen LogP contribution in [0.5, 0.6) is 0 Å². The summed E-state index contributed by atoms with van der Waals surface area (Å²) >= 11 is 0. The lowest BCUT2D eigenvalue weighted by Crippen LogP contribution is -2.27. The van der Waals surface area contributed by atoms with E-state index in [-0.39, 0.29) is 18.6 Å². The smallest absolute Gasteiger partial charge is 0.319 e. The summed E-state index contributed by atoms with van der Waals surface area (Å²) in [6.45, 7) is 8.60. The molecule has 0 aliphatic rings. The number of carbonyl (C=O) groups is 1. The van der Waals surface area contributed by atoms with E-state index in [1.165, 1.54) is 29.4 Å². The highest BCUT2D eigenvalue weighted by molar-refractivity contribution is 5.71. The molecule has 0 spiro atoms. The van der Waals surface area contributed by atoms with Gasteiger partial charge in [0.15, 0.2) is 0 Å². The Morgan fingerprint density at radius 1 is 1.29 bits per heavy atom. The maximum atomic E-state index is 11.1. The van der Waals surface area contributed by atoms with Gasteiger partial charge in [-0.25, -0.2) is 0 Å². The number of ether oxygens (including phenoxy) is 1. The van der Waals surface area contributed by atoms with Crippen molar-refractivity contribution in [3.05, 3.63) is 34.4 Å². The summed E-state index contributed by atoms with van der Waals surface area (Å²) in [5, 5.41) is 3.18. The molecular weight excluding hydrogens is 214 g/mol. The van der Waals surface area contributed by atoms with Crippen LogP contribution in [-0.4, -0.2) is 19.6 Å². The van der Waals surface area contributed by atoms with Crippen LogP contribution in [0.4, 0.5) is 0 Å². The number of nitrogens with one attached hydrogen (secondary N) is 1. The third kappa shape index (κ3) is 3.56. The molecule has 0 fully saturated rings. The number of benzene rings is 1. The van der Waals surface area contributed by atoms with E-state index in [0.717, 1.165) is 0 Å². The monoisotopic (exact) mass is 235 g/mol. The fourth-order valence-electron chi connectivity index (χ4n) is 2.28. The standard InChI is InChI=1S/C14H21NO2/c1-9-6-10(2)14(11(3)7-9)12(4)15-8-13(16)17-5/h6-7,12,15H,8H2,1-5H3. The lowest BCUT2D eigenvalue weighted by molar-refractivity contribution is -0.139.